The Labute approximate surface area is 127 Å². The van der Waals surface area contributed by atoms with Gasteiger partial charge in [-0.3, -0.25) is 0 Å². The molecule has 3 heteroatoms. The molecule has 0 saturated carbocycles. The Morgan fingerprint density at radius 2 is 1.71 bits per heavy atom. The third-order valence-corrected chi connectivity index (χ3v) is 3.41. The van der Waals surface area contributed by atoms with Crippen molar-refractivity contribution in [3.05, 3.63) is 59.7 Å². The molecule has 0 radical (unpaired) electrons. The SMILES string of the molecule is CCOCc1ccccc1NCc1ccc(N(C)C)cc1. The lowest BCUT2D eigenvalue weighted by Gasteiger charge is -2.14. The van der Waals surface area contributed by atoms with Gasteiger partial charge in [-0.2, -0.15) is 0 Å². The molecule has 0 atom stereocenters. The lowest BCUT2D eigenvalue weighted by Crippen LogP contribution is -2.08. The molecule has 21 heavy (non-hydrogen) atoms. The second-order valence-electron chi connectivity index (χ2n) is 5.21. The van der Waals surface area contributed by atoms with Crippen molar-refractivity contribution in [3.8, 4) is 0 Å². The Morgan fingerprint density at radius 1 is 1.00 bits per heavy atom. The molecule has 2 rings (SSSR count). The summed E-state index contributed by atoms with van der Waals surface area (Å²) in [7, 11) is 4.11. The van der Waals surface area contributed by atoms with Gasteiger partial charge in [0.15, 0.2) is 0 Å². The van der Waals surface area contributed by atoms with Crippen LogP contribution in [-0.2, 0) is 17.9 Å². The summed E-state index contributed by atoms with van der Waals surface area (Å²) >= 11 is 0. The van der Waals surface area contributed by atoms with E-state index in [4.69, 9.17) is 4.74 Å². The van der Waals surface area contributed by atoms with E-state index in [9.17, 15) is 0 Å². The number of ether oxygens (including phenoxy) is 1. The number of hydrogen-bond acceptors (Lipinski definition) is 3. The molecular formula is C18H24N2O. The molecule has 0 aliphatic carbocycles. The zero-order valence-corrected chi connectivity index (χ0v) is 13.1. The first-order valence-electron chi connectivity index (χ1n) is 7.36. The van der Waals surface area contributed by atoms with Gasteiger partial charge in [0.1, 0.15) is 0 Å². The van der Waals surface area contributed by atoms with Crippen LogP contribution in [0.15, 0.2) is 48.5 Å². The lowest BCUT2D eigenvalue weighted by molar-refractivity contribution is 0.134. The fourth-order valence-electron chi connectivity index (χ4n) is 2.14. The number of hydrogen-bond donors (Lipinski definition) is 1. The fraction of sp³-hybridized carbons (Fsp3) is 0.333. The average molecular weight is 284 g/mol. The van der Waals surface area contributed by atoms with E-state index >= 15 is 0 Å². The van der Waals surface area contributed by atoms with Gasteiger partial charge >= 0.3 is 0 Å². The van der Waals surface area contributed by atoms with E-state index in [2.05, 4.69) is 60.7 Å². The minimum absolute atomic E-state index is 0.652. The Hall–Kier alpha value is -2.00. The fourth-order valence-corrected chi connectivity index (χ4v) is 2.14. The van der Waals surface area contributed by atoms with Crippen LogP contribution in [0.3, 0.4) is 0 Å². The van der Waals surface area contributed by atoms with Crippen LogP contribution in [0.1, 0.15) is 18.1 Å². The van der Waals surface area contributed by atoms with Crippen LogP contribution in [0, 0.1) is 0 Å². The van der Waals surface area contributed by atoms with Crippen LogP contribution in [0.5, 0.6) is 0 Å². The molecule has 2 aromatic rings. The van der Waals surface area contributed by atoms with E-state index in [1.807, 2.05) is 19.1 Å². The smallest absolute Gasteiger partial charge is 0.0736 e. The first-order valence-corrected chi connectivity index (χ1v) is 7.36. The maximum Gasteiger partial charge on any atom is 0.0736 e. The van der Waals surface area contributed by atoms with Crippen LogP contribution >= 0.6 is 0 Å². The summed E-state index contributed by atoms with van der Waals surface area (Å²) < 4.78 is 5.51. The van der Waals surface area contributed by atoms with Crippen LogP contribution in [-0.4, -0.2) is 20.7 Å². The van der Waals surface area contributed by atoms with Crippen molar-refractivity contribution in [3.63, 3.8) is 0 Å². The zero-order chi connectivity index (χ0) is 15.1. The normalized spacial score (nSPS) is 10.4. The maximum absolute atomic E-state index is 5.51. The van der Waals surface area contributed by atoms with E-state index in [-0.39, 0.29) is 0 Å². The molecule has 0 aromatic heterocycles. The predicted molar refractivity (Wildman–Crippen MR) is 89.9 cm³/mol. The molecule has 0 bridgehead atoms. The quantitative estimate of drug-likeness (QED) is 0.834. The third-order valence-electron chi connectivity index (χ3n) is 3.41. The molecule has 1 N–H and O–H groups in total. The summed E-state index contributed by atoms with van der Waals surface area (Å²) in [6.45, 7) is 4.22. The highest BCUT2D eigenvalue weighted by Gasteiger charge is 2.02. The van der Waals surface area contributed by atoms with E-state index in [0.717, 1.165) is 18.8 Å². The van der Waals surface area contributed by atoms with E-state index in [1.54, 1.807) is 0 Å². The van der Waals surface area contributed by atoms with Gasteiger partial charge in [0.25, 0.3) is 0 Å². The summed E-state index contributed by atoms with van der Waals surface area (Å²) in [6, 6.07) is 16.9. The molecule has 0 saturated heterocycles. The first kappa shape index (κ1) is 15.4. The van der Waals surface area contributed by atoms with E-state index in [1.165, 1.54) is 16.8 Å². The number of nitrogens with one attached hydrogen (secondary N) is 1. The molecule has 0 heterocycles. The predicted octanol–water partition coefficient (Wildman–Crippen LogP) is 3.90. The van der Waals surface area contributed by atoms with Gasteiger partial charge < -0.3 is 15.0 Å². The second kappa shape index (κ2) is 7.70. The summed E-state index contributed by atoms with van der Waals surface area (Å²) in [5.74, 6) is 0. The third kappa shape index (κ3) is 4.50. The van der Waals surface area contributed by atoms with Gasteiger partial charge in [0, 0.05) is 44.2 Å². The van der Waals surface area contributed by atoms with Crippen molar-refractivity contribution in [2.45, 2.75) is 20.1 Å². The van der Waals surface area contributed by atoms with Crippen molar-refractivity contribution in [1.29, 1.82) is 0 Å². The maximum atomic E-state index is 5.51. The summed E-state index contributed by atoms with van der Waals surface area (Å²) in [4.78, 5) is 2.11. The molecule has 0 amide bonds. The number of benzene rings is 2. The Bertz CT molecular complexity index is 549. The molecule has 0 aliphatic heterocycles. The molecule has 2 aromatic carbocycles. The van der Waals surface area contributed by atoms with Gasteiger partial charge in [-0.1, -0.05) is 30.3 Å². The molecule has 3 nitrogen and oxygen atoms in total. The highest BCUT2D eigenvalue weighted by Crippen LogP contribution is 2.18. The molecule has 0 aliphatic rings. The number of anilines is 2. The number of rotatable bonds is 7. The van der Waals surface area contributed by atoms with Crippen LogP contribution in [0.4, 0.5) is 11.4 Å². The van der Waals surface area contributed by atoms with Crippen LogP contribution in [0.2, 0.25) is 0 Å². The summed E-state index contributed by atoms with van der Waals surface area (Å²) in [5.41, 5.74) is 4.83. The topological polar surface area (TPSA) is 24.5 Å². The minimum Gasteiger partial charge on any atom is -0.381 e. The van der Waals surface area contributed by atoms with Crippen molar-refractivity contribution in [2.75, 3.05) is 30.9 Å². The highest BCUT2D eigenvalue weighted by atomic mass is 16.5. The van der Waals surface area contributed by atoms with Gasteiger partial charge in [0.05, 0.1) is 6.61 Å². The molecule has 0 fully saturated rings. The summed E-state index contributed by atoms with van der Waals surface area (Å²) in [5, 5.41) is 3.49. The number of nitrogens with zero attached hydrogens (tertiary/aromatic N) is 1. The van der Waals surface area contributed by atoms with Gasteiger partial charge in [-0.15, -0.1) is 0 Å². The molecule has 112 valence electrons. The zero-order valence-electron chi connectivity index (χ0n) is 13.1. The first-order chi connectivity index (χ1) is 10.2. The number of para-hydroxylation sites is 1. The average Bonchev–Trinajstić information content (AvgIpc) is 2.52. The summed E-state index contributed by atoms with van der Waals surface area (Å²) in [6.07, 6.45) is 0. The molecule has 0 spiro atoms. The van der Waals surface area contributed by atoms with Crippen molar-refractivity contribution in [2.24, 2.45) is 0 Å². The van der Waals surface area contributed by atoms with Gasteiger partial charge in [-0.05, 0) is 30.7 Å². The Kier molecular flexibility index (Phi) is 5.64. The molecule has 0 unspecified atom stereocenters. The lowest BCUT2D eigenvalue weighted by atomic mass is 10.1. The Balaban J connectivity index is 1.99. The van der Waals surface area contributed by atoms with Crippen molar-refractivity contribution < 1.29 is 4.74 Å². The monoisotopic (exact) mass is 284 g/mol. The van der Waals surface area contributed by atoms with Crippen LogP contribution < -0.4 is 10.2 Å². The minimum atomic E-state index is 0.652. The van der Waals surface area contributed by atoms with E-state index < -0.39 is 0 Å². The molecular weight excluding hydrogens is 260 g/mol. The van der Waals surface area contributed by atoms with E-state index in [0.29, 0.717) is 6.61 Å². The standard InChI is InChI=1S/C18H24N2O/c1-4-21-14-16-7-5-6-8-18(16)19-13-15-9-11-17(12-10-15)20(2)3/h5-12,19H,4,13-14H2,1-3H3. The largest absolute Gasteiger partial charge is 0.381 e. The Morgan fingerprint density at radius 3 is 2.38 bits per heavy atom. The highest BCUT2D eigenvalue weighted by molar-refractivity contribution is 5.52. The second-order valence-corrected chi connectivity index (χ2v) is 5.21. The van der Waals surface area contributed by atoms with Gasteiger partial charge in [0.2, 0.25) is 0 Å². The van der Waals surface area contributed by atoms with Crippen LogP contribution in [0.25, 0.3) is 0 Å². The van der Waals surface area contributed by atoms with Crippen molar-refractivity contribution in [1.82, 2.24) is 0 Å². The van der Waals surface area contributed by atoms with Crippen molar-refractivity contribution >= 4 is 11.4 Å². The van der Waals surface area contributed by atoms with Gasteiger partial charge in [-0.25, -0.2) is 0 Å².